The maximum Gasteiger partial charge on any atom is 0.306 e. The Labute approximate surface area is 291 Å². The van der Waals surface area contributed by atoms with Gasteiger partial charge in [0.1, 0.15) is 11.5 Å². The van der Waals surface area contributed by atoms with E-state index in [-0.39, 0.29) is 28.6 Å². The van der Waals surface area contributed by atoms with Gasteiger partial charge >= 0.3 is 5.97 Å². The maximum atomic E-state index is 13.8. The molecule has 1 fully saturated rings. The number of carbonyl (C=O) groups is 1. The van der Waals surface area contributed by atoms with Crippen molar-refractivity contribution in [3.05, 3.63) is 92.5 Å². The molecule has 0 spiro atoms. The summed E-state index contributed by atoms with van der Waals surface area (Å²) in [5, 5.41) is 17.5. The number of methoxy groups -OCH3 is 1. The van der Waals surface area contributed by atoms with E-state index in [2.05, 4.69) is 26.4 Å². The summed E-state index contributed by atoms with van der Waals surface area (Å²) in [7, 11) is 3.10. The number of carboxylic acids is 1. The summed E-state index contributed by atoms with van der Waals surface area (Å²) in [6.45, 7) is 3.31. The molecule has 10 nitrogen and oxygen atoms in total. The highest BCUT2D eigenvalue weighted by Gasteiger charge is 2.36. The normalized spacial score (nSPS) is 16.6. The summed E-state index contributed by atoms with van der Waals surface area (Å²) < 4.78 is 34.6. The Morgan fingerprint density at radius 2 is 1.78 bits per heavy atom. The number of hydrogen-bond acceptors (Lipinski definition) is 8. The summed E-state index contributed by atoms with van der Waals surface area (Å²) in [5.41, 5.74) is 5.52. The van der Waals surface area contributed by atoms with Crippen molar-refractivity contribution >= 4 is 39.8 Å². The molecule has 0 saturated carbocycles. The quantitative estimate of drug-likeness (QED) is 0.170. The molecule has 0 radical (unpaired) electrons. The third kappa shape index (κ3) is 5.96. The second-order valence-electron chi connectivity index (χ2n) is 12.8. The Morgan fingerprint density at radius 1 is 1.06 bits per heavy atom. The van der Waals surface area contributed by atoms with Crippen LogP contribution in [0.4, 0.5) is 20.3 Å². The predicted molar refractivity (Wildman–Crippen MR) is 187 cm³/mol. The van der Waals surface area contributed by atoms with E-state index in [0.29, 0.717) is 48.2 Å². The molecule has 2 N–H and O–H groups in total. The number of piperidine rings is 1. The summed E-state index contributed by atoms with van der Waals surface area (Å²) in [5.74, 6) is -0.479. The van der Waals surface area contributed by atoms with Crippen molar-refractivity contribution in [1.82, 2.24) is 24.6 Å². The molecule has 0 amide bonds. The SMILES string of the molecule is COc1nc(-c2cccc(-c3cccc(Nc4nc(C(F)F)cc5cnn(C)c(=O)c45)c3C)c2Cl)cc2c1[C@@H](N1CCC(C(=O)O)CC1)CC2. The average Bonchev–Trinajstić information content (AvgIpc) is 3.54. The Balaban J connectivity index is 1.23. The van der Waals surface area contributed by atoms with Gasteiger partial charge in [0.25, 0.3) is 12.0 Å². The fraction of sp³-hybridized carbons (Fsp3) is 0.324. The third-order valence-corrected chi connectivity index (χ3v) is 10.4. The molecular weight excluding hydrogens is 666 g/mol. The van der Waals surface area contributed by atoms with Crippen LogP contribution in [0.3, 0.4) is 0 Å². The first-order chi connectivity index (χ1) is 24.0. The highest BCUT2D eigenvalue weighted by Crippen LogP contribution is 2.45. The Morgan fingerprint density at radius 3 is 2.50 bits per heavy atom. The molecule has 258 valence electrons. The number of nitrogens with zero attached hydrogens (tertiary/aromatic N) is 5. The van der Waals surface area contributed by atoms with Crippen LogP contribution in [-0.2, 0) is 18.3 Å². The van der Waals surface area contributed by atoms with Crippen LogP contribution in [0, 0.1) is 12.8 Å². The maximum absolute atomic E-state index is 13.8. The Bertz CT molecular complexity index is 2200. The number of anilines is 2. The molecule has 1 atom stereocenters. The van der Waals surface area contributed by atoms with Gasteiger partial charge in [0, 0.05) is 40.9 Å². The lowest BCUT2D eigenvalue weighted by atomic mass is 9.94. The molecular formula is C37H35ClF2N6O4. The molecule has 4 heterocycles. The van der Waals surface area contributed by atoms with Crippen LogP contribution in [0.1, 0.15) is 54.1 Å². The molecule has 1 aliphatic carbocycles. The second kappa shape index (κ2) is 13.4. The fourth-order valence-electron chi connectivity index (χ4n) is 7.30. The third-order valence-electron chi connectivity index (χ3n) is 9.97. The summed E-state index contributed by atoms with van der Waals surface area (Å²) in [6, 6.07) is 14.6. The first kappa shape index (κ1) is 33.6. The topological polar surface area (TPSA) is 122 Å². The summed E-state index contributed by atoms with van der Waals surface area (Å²) >= 11 is 7.17. The van der Waals surface area contributed by atoms with E-state index < -0.39 is 23.6 Å². The largest absolute Gasteiger partial charge is 0.481 e. The van der Waals surface area contributed by atoms with Crippen LogP contribution in [0.2, 0.25) is 5.02 Å². The van der Waals surface area contributed by atoms with Crippen LogP contribution < -0.4 is 15.6 Å². The van der Waals surface area contributed by atoms with E-state index in [1.165, 1.54) is 19.3 Å². The van der Waals surface area contributed by atoms with Gasteiger partial charge in [-0.2, -0.15) is 5.10 Å². The van der Waals surface area contributed by atoms with Gasteiger partial charge < -0.3 is 15.2 Å². The zero-order valence-electron chi connectivity index (χ0n) is 27.7. The molecule has 7 rings (SSSR count). The van der Waals surface area contributed by atoms with Crippen LogP contribution >= 0.6 is 11.6 Å². The van der Waals surface area contributed by atoms with Crippen LogP contribution in [-0.4, -0.2) is 55.9 Å². The number of likely N-dealkylation sites (tertiary alicyclic amines) is 1. The van der Waals surface area contributed by atoms with Crippen LogP contribution in [0.5, 0.6) is 5.88 Å². The highest BCUT2D eigenvalue weighted by molar-refractivity contribution is 6.36. The van der Waals surface area contributed by atoms with Gasteiger partial charge in [-0.05, 0) is 80.6 Å². The Kier molecular flexibility index (Phi) is 9.00. The molecule has 1 aliphatic heterocycles. The molecule has 3 aromatic heterocycles. The minimum Gasteiger partial charge on any atom is -0.481 e. The van der Waals surface area contributed by atoms with Crippen molar-refractivity contribution in [1.29, 1.82) is 0 Å². The number of aliphatic carboxylic acids is 1. The zero-order chi connectivity index (χ0) is 35.3. The number of fused-ring (bicyclic) bond motifs is 2. The number of rotatable bonds is 8. The number of nitrogens with one attached hydrogen (secondary N) is 1. The number of benzene rings is 2. The van der Waals surface area contributed by atoms with Gasteiger partial charge in [0.15, 0.2) is 0 Å². The van der Waals surface area contributed by atoms with Crippen molar-refractivity contribution in [2.24, 2.45) is 13.0 Å². The lowest BCUT2D eigenvalue weighted by Gasteiger charge is -2.35. The lowest BCUT2D eigenvalue weighted by molar-refractivity contribution is -0.143. The molecule has 13 heteroatoms. The average molecular weight is 701 g/mol. The summed E-state index contributed by atoms with van der Waals surface area (Å²) in [4.78, 5) is 35.9. The van der Waals surface area contributed by atoms with Gasteiger partial charge in [-0.15, -0.1) is 0 Å². The number of hydrogen-bond donors (Lipinski definition) is 2. The van der Waals surface area contributed by atoms with E-state index in [9.17, 15) is 23.5 Å². The molecule has 2 aliphatic rings. The zero-order valence-corrected chi connectivity index (χ0v) is 28.5. The molecule has 5 aromatic rings. The standard InChI is InChI=1S/C37H35ClF2N6O4/c1-19-23(6-5-9-26(19)42-34-31-22(17-28(43-34)33(39)40)18-41-45(2)36(31)47)24-7-4-8-25(32(24)38)27-16-21-10-11-29(30(21)35(44-27)50-3)46-14-12-20(13-15-46)37(48)49/h4-9,16-18,20,29,33H,10-15H2,1-3H3,(H,42,43)(H,48,49)/t29-/m0/s1. The van der Waals surface area contributed by atoms with E-state index in [1.807, 2.05) is 37.3 Å². The first-order valence-electron chi connectivity index (χ1n) is 16.4. The van der Waals surface area contributed by atoms with E-state index in [4.69, 9.17) is 21.3 Å². The highest BCUT2D eigenvalue weighted by atomic mass is 35.5. The Hall–Kier alpha value is -4.94. The van der Waals surface area contributed by atoms with Gasteiger partial charge in [0.2, 0.25) is 5.88 Å². The molecule has 50 heavy (non-hydrogen) atoms. The van der Waals surface area contributed by atoms with Crippen molar-refractivity contribution in [3.8, 4) is 28.3 Å². The van der Waals surface area contributed by atoms with Crippen LogP contribution in [0.15, 0.2) is 59.5 Å². The van der Waals surface area contributed by atoms with Crippen molar-refractivity contribution < 1.29 is 23.4 Å². The second-order valence-corrected chi connectivity index (χ2v) is 13.2. The number of alkyl halides is 2. The molecule has 0 unspecified atom stereocenters. The van der Waals surface area contributed by atoms with Gasteiger partial charge in [-0.1, -0.05) is 41.9 Å². The van der Waals surface area contributed by atoms with Crippen molar-refractivity contribution in [2.45, 2.75) is 45.1 Å². The number of ether oxygens (including phenoxy) is 1. The minimum atomic E-state index is -2.84. The van der Waals surface area contributed by atoms with Crippen molar-refractivity contribution in [2.75, 3.05) is 25.5 Å². The number of aromatic nitrogens is 4. The van der Waals surface area contributed by atoms with Gasteiger partial charge in [0.05, 0.1) is 35.3 Å². The van der Waals surface area contributed by atoms with E-state index >= 15 is 0 Å². The van der Waals surface area contributed by atoms with Gasteiger partial charge in [-0.3, -0.25) is 14.5 Å². The molecule has 0 bridgehead atoms. The number of halogens is 3. The first-order valence-corrected chi connectivity index (χ1v) is 16.8. The molecule has 1 saturated heterocycles. The van der Waals surface area contributed by atoms with E-state index in [0.717, 1.165) is 50.9 Å². The number of carboxylic acid groups (broad SMARTS) is 1. The van der Waals surface area contributed by atoms with E-state index in [1.54, 1.807) is 13.2 Å². The van der Waals surface area contributed by atoms with Crippen LogP contribution in [0.25, 0.3) is 33.2 Å². The van der Waals surface area contributed by atoms with Gasteiger partial charge in [-0.25, -0.2) is 23.4 Å². The summed E-state index contributed by atoms with van der Waals surface area (Å²) in [6.07, 6.45) is 1.51. The fourth-order valence-corrected chi connectivity index (χ4v) is 7.63. The number of pyridine rings is 2. The lowest BCUT2D eigenvalue weighted by Crippen LogP contribution is -2.38. The molecule has 2 aromatic carbocycles. The van der Waals surface area contributed by atoms with Crippen molar-refractivity contribution in [3.63, 3.8) is 0 Å². The smallest absolute Gasteiger partial charge is 0.306 e. The monoisotopic (exact) mass is 700 g/mol. The number of aryl methyl sites for hydroxylation is 2. The predicted octanol–water partition coefficient (Wildman–Crippen LogP) is 7.49. The minimum absolute atomic E-state index is 0.0138.